The van der Waals surface area contributed by atoms with Gasteiger partial charge in [0.2, 0.25) is 0 Å². The molecule has 1 aliphatic rings. The lowest BCUT2D eigenvalue weighted by Gasteiger charge is -2.29. The van der Waals surface area contributed by atoms with E-state index in [1.165, 1.54) is 12.7 Å². The normalized spacial score (nSPS) is 19.4. The Kier molecular flexibility index (Phi) is 3.49. The van der Waals surface area contributed by atoms with E-state index in [1.54, 1.807) is 0 Å². The quantitative estimate of drug-likeness (QED) is 0.482. The summed E-state index contributed by atoms with van der Waals surface area (Å²) in [7, 11) is 0. The van der Waals surface area contributed by atoms with Gasteiger partial charge in [-0.3, -0.25) is 0 Å². The van der Waals surface area contributed by atoms with Crippen LogP contribution >= 0.6 is 0 Å². The van der Waals surface area contributed by atoms with E-state index in [-0.39, 0.29) is 0 Å². The van der Waals surface area contributed by atoms with Crippen LogP contribution in [0, 0.1) is 0 Å². The van der Waals surface area contributed by atoms with E-state index >= 15 is 0 Å². The fourth-order valence-corrected chi connectivity index (χ4v) is 1.58. The highest BCUT2D eigenvalue weighted by atomic mass is 15.0. The van der Waals surface area contributed by atoms with Crippen molar-refractivity contribution in [3.63, 3.8) is 0 Å². The summed E-state index contributed by atoms with van der Waals surface area (Å²) in [6.07, 6.45) is 2.43. The van der Waals surface area contributed by atoms with Gasteiger partial charge in [0, 0.05) is 0 Å². The fourth-order valence-electron chi connectivity index (χ4n) is 1.58. The topological polar surface area (TPSA) is 36.1 Å². The van der Waals surface area contributed by atoms with Crippen molar-refractivity contribution >= 4 is 20.9 Å². The summed E-state index contributed by atoms with van der Waals surface area (Å²) >= 11 is 0. The molecule has 3 N–H and O–H groups in total. The van der Waals surface area contributed by atoms with Crippen LogP contribution in [0.5, 0.6) is 0 Å². The average molecular weight is 151 g/mol. The molecule has 1 rings (SSSR count). The number of hydrogen-bond donors (Lipinski definition) is 3. The molecule has 0 bridgehead atoms. The Hall–Kier alpha value is 0.0748. The smallest absolute Gasteiger partial charge is 0.284 e. The van der Waals surface area contributed by atoms with Gasteiger partial charge in [-0.25, -0.2) is 0 Å². The van der Waals surface area contributed by atoms with Crippen molar-refractivity contribution < 1.29 is 0 Å². The first-order valence-corrected chi connectivity index (χ1v) is 4.50. The summed E-state index contributed by atoms with van der Waals surface area (Å²) in [6.45, 7) is 7.87. The third-order valence-electron chi connectivity index (χ3n) is 1.98. The minimum Gasteiger partial charge on any atom is -0.372 e. The second-order valence-electron chi connectivity index (χ2n) is 3.28. The number of nitrogens with one attached hydrogen (secondary N) is 3. The van der Waals surface area contributed by atoms with Crippen LogP contribution in [-0.2, 0) is 0 Å². The summed E-state index contributed by atoms with van der Waals surface area (Å²) in [4.78, 5) is 0. The van der Waals surface area contributed by atoms with Gasteiger partial charge in [0.1, 0.15) is 0 Å². The van der Waals surface area contributed by atoms with Crippen molar-refractivity contribution in [2.24, 2.45) is 0 Å². The van der Waals surface area contributed by atoms with Gasteiger partial charge < -0.3 is 15.4 Å². The summed E-state index contributed by atoms with van der Waals surface area (Å²) in [5.74, 6) is 0. The third-order valence-corrected chi connectivity index (χ3v) is 1.98. The van der Waals surface area contributed by atoms with Gasteiger partial charge in [0.25, 0.3) is 20.9 Å². The van der Waals surface area contributed by atoms with E-state index in [4.69, 9.17) is 0 Å². The van der Waals surface area contributed by atoms with Crippen LogP contribution in [-0.4, -0.2) is 20.9 Å². The molecule has 0 aliphatic carbocycles. The highest BCUT2D eigenvalue weighted by Crippen LogP contribution is 1.94. The maximum absolute atomic E-state index is 3.43. The van der Waals surface area contributed by atoms with Crippen molar-refractivity contribution in [2.45, 2.75) is 33.3 Å². The number of hydrogen-bond acceptors (Lipinski definition) is 3. The van der Waals surface area contributed by atoms with Gasteiger partial charge in [-0.15, -0.1) is 0 Å². The molecule has 11 heavy (non-hydrogen) atoms. The highest BCUT2D eigenvalue weighted by Gasteiger charge is 2.28. The second kappa shape index (κ2) is 4.19. The molecule has 1 heterocycles. The molecular formula is C5H16B3N3. The Morgan fingerprint density at radius 1 is 1.00 bits per heavy atom. The van der Waals surface area contributed by atoms with Gasteiger partial charge in [0.05, 0.1) is 0 Å². The maximum Gasteiger partial charge on any atom is 0.284 e. The molecule has 0 aromatic carbocycles. The Morgan fingerprint density at radius 3 is 2.00 bits per heavy atom. The Balaban J connectivity index is 2.30. The van der Waals surface area contributed by atoms with Crippen molar-refractivity contribution in [2.75, 3.05) is 0 Å². The van der Waals surface area contributed by atoms with E-state index in [2.05, 4.69) is 36.0 Å². The molecular weight excluding hydrogens is 135 g/mol. The minimum absolute atomic E-state index is 0.433. The molecule has 0 saturated carbocycles. The molecule has 0 spiro atoms. The van der Waals surface area contributed by atoms with Crippen molar-refractivity contribution in [1.29, 1.82) is 0 Å². The van der Waals surface area contributed by atoms with E-state index in [9.17, 15) is 0 Å². The van der Waals surface area contributed by atoms with Crippen molar-refractivity contribution in [3.8, 4) is 0 Å². The van der Waals surface area contributed by atoms with Crippen LogP contribution in [0.15, 0.2) is 0 Å². The zero-order valence-electron chi connectivity index (χ0n) is 7.65. The van der Waals surface area contributed by atoms with E-state index < -0.39 is 0 Å². The van der Waals surface area contributed by atoms with Gasteiger partial charge in [-0.2, -0.15) is 0 Å². The molecule has 1 saturated heterocycles. The highest BCUT2D eigenvalue weighted by molar-refractivity contribution is 6.86. The maximum atomic E-state index is 3.43. The zero-order valence-corrected chi connectivity index (χ0v) is 7.65. The van der Waals surface area contributed by atoms with Gasteiger partial charge >= 0.3 is 0 Å². The lowest BCUT2D eigenvalue weighted by Crippen LogP contribution is -2.72. The van der Waals surface area contributed by atoms with Gasteiger partial charge in [-0.1, -0.05) is 27.0 Å². The summed E-state index contributed by atoms with van der Waals surface area (Å²) in [5.41, 5.74) is 0. The lowest BCUT2D eigenvalue weighted by molar-refractivity contribution is 1.01. The van der Waals surface area contributed by atoms with Gasteiger partial charge in [0.15, 0.2) is 0 Å². The molecule has 1 fully saturated rings. The van der Waals surface area contributed by atoms with Crippen molar-refractivity contribution in [1.82, 2.24) is 15.4 Å². The Bertz CT molecular complexity index is 114. The molecule has 3 nitrogen and oxygen atoms in total. The van der Waals surface area contributed by atoms with Crippen LogP contribution in [0.2, 0.25) is 20.0 Å². The average Bonchev–Trinajstić information content (AvgIpc) is 1.85. The Labute approximate surface area is 70.4 Å². The van der Waals surface area contributed by atoms with Crippen LogP contribution in [0.4, 0.5) is 0 Å². The monoisotopic (exact) mass is 151 g/mol. The number of rotatable bonds is 2. The standard InChI is InChI=1S/C5H16B3N3/c1-4-5-8-10-6(2)9-7(3)11-8/h9-11H,4-5H2,1-3H3. The van der Waals surface area contributed by atoms with E-state index in [0.29, 0.717) is 20.9 Å². The predicted octanol–water partition coefficient (Wildman–Crippen LogP) is -0.0970. The first-order valence-electron chi connectivity index (χ1n) is 4.50. The van der Waals surface area contributed by atoms with Gasteiger partial charge in [-0.05, 0) is 6.32 Å². The summed E-state index contributed by atoms with van der Waals surface area (Å²) in [5, 5.41) is 10.2. The predicted molar refractivity (Wildman–Crippen MR) is 53.5 cm³/mol. The molecule has 1 aliphatic heterocycles. The molecule has 0 aromatic rings. The zero-order chi connectivity index (χ0) is 8.27. The Morgan fingerprint density at radius 2 is 1.55 bits per heavy atom. The SMILES string of the molecule is CCCB1NB(C)NB(C)N1. The van der Waals surface area contributed by atoms with Crippen LogP contribution < -0.4 is 15.4 Å². The molecule has 0 atom stereocenters. The van der Waals surface area contributed by atoms with Crippen molar-refractivity contribution in [3.05, 3.63) is 0 Å². The first kappa shape index (κ1) is 9.17. The lowest BCUT2D eigenvalue weighted by atomic mass is 9.50. The molecule has 0 unspecified atom stereocenters. The van der Waals surface area contributed by atoms with Crippen LogP contribution in [0.1, 0.15) is 13.3 Å². The fraction of sp³-hybridized carbons (Fsp3) is 1.00. The van der Waals surface area contributed by atoms with Crippen LogP contribution in [0.25, 0.3) is 0 Å². The van der Waals surface area contributed by atoms with E-state index in [1.807, 2.05) is 0 Å². The van der Waals surface area contributed by atoms with Crippen LogP contribution in [0.3, 0.4) is 0 Å². The van der Waals surface area contributed by atoms with E-state index in [0.717, 1.165) is 0 Å². The molecule has 0 aromatic heterocycles. The largest absolute Gasteiger partial charge is 0.372 e. The molecule has 60 valence electrons. The third kappa shape index (κ3) is 2.89. The minimum atomic E-state index is 0.433. The molecule has 0 radical (unpaired) electrons. The molecule has 0 amide bonds. The molecule has 6 heteroatoms. The summed E-state index contributed by atoms with van der Waals surface area (Å²) < 4.78 is 0. The second-order valence-corrected chi connectivity index (χ2v) is 3.28. The first-order chi connectivity index (χ1) is 5.22. The summed E-state index contributed by atoms with van der Waals surface area (Å²) in [6, 6.07) is 0.